The van der Waals surface area contributed by atoms with Gasteiger partial charge < -0.3 is 15.0 Å². The number of carbonyl (C=O) groups is 2. The largest absolute Gasteiger partial charge is 0.496 e. The van der Waals surface area contributed by atoms with Crippen molar-refractivity contribution in [1.82, 2.24) is 30.3 Å². The number of fused-ring (bicyclic) bond motifs is 1. The van der Waals surface area contributed by atoms with E-state index in [9.17, 15) is 9.59 Å². The fourth-order valence-corrected chi connectivity index (χ4v) is 6.48. The van der Waals surface area contributed by atoms with Crippen LogP contribution in [0.1, 0.15) is 54.2 Å². The van der Waals surface area contributed by atoms with E-state index in [0.29, 0.717) is 42.2 Å². The summed E-state index contributed by atoms with van der Waals surface area (Å²) in [5, 5.41) is 11.6. The summed E-state index contributed by atoms with van der Waals surface area (Å²) in [7, 11) is 1.52. The van der Waals surface area contributed by atoms with Crippen molar-refractivity contribution in [3.63, 3.8) is 0 Å². The van der Waals surface area contributed by atoms with Gasteiger partial charge in [-0.3, -0.25) is 24.6 Å². The van der Waals surface area contributed by atoms with Crippen LogP contribution < -0.4 is 10.1 Å². The van der Waals surface area contributed by atoms with Gasteiger partial charge in [0.15, 0.2) is 0 Å². The van der Waals surface area contributed by atoms with Gasteiger partial charge in [-0.1, -0.05) is 13.0 Å². The van der Waals surface area contributed by atoms with Gasteiger partial charge in [0.25, 0.3) is 5.91 Å². The van der Waals surface area contributed by atoms with Crippen molar-refractivity contribution >= 4 is 22.7 Å². The SMILES string of the molecule is COc1cccc(F)c1CN1C[C@H](NC(=O)c2ccc3[nH]nc(-c4ccnc(C)c4)c3c2)CC[C@H]1C(=O)N1CCC(C)CC1. The number of likely N-dealkylation sites (tertiary alicyclic amines) is 2. The van der Waals surface area contributed by atoms with E-state index in [1.54, 1.807) is 24.4 Å². The number of amides is 2. The quantitative estimate of drug-likeness (QED) is 0.307. The third-order valence-corrected chi connectivity index (χ3v) is 9.05. The van der Waals surface area contributed by atoms with Crippen molar-refractivity contribution in [3.8, 4) is 17.0 Å². The second kappa shape index (κ2) is 12.7. The Morgan fingerprint density at radius 2 is 1.91 bits per heavy atom. The van der Waals surface area contributed by atoms with Crippen molar-refractivity contribution in [2.24, 2.45) is 5.92 Å². The second-order valence-electron chi connectivity index (χ2n) is 12.1. The molecule has 9 nitrogen and oxygen atoms in total. The average Bonchev–Trinajstić information content (AvgIpc) is 3.46. The second-order valence-corrected chi connectivity index (χ2v) is 12.1. The molecule has 2 N–H and O–H groups in total. The Balaban J connectivity index is 1.22. The number of carbonyl (C=O) groups excluding carboxylic acids is 2. The molecule has 2 fully saturated rings. The predicted octanol–water partition coefficient (Wildman–Crippen LogP) is 5.10. The first-order valence-electron chi connectivity index (χ1n) is 15.4. The van der Waals surface area contributed by atoms with Gasteiger partial charge in [-0.05, 0) is 81.0 Å². The maximum absolute atomic E-state index is 15.0. The molecule has 4 heterocycles. The molecule has 0 radical (unpaired) electrons. The Bertz CT molecular complexity index is 1660. The number of hydrogen-bond donors (Lipinski definition) is 2. The van der Waals surface area contributed by atoms with Crippen molar-refractivity contribution in [2.75, 3.05) is 26.7 Å². The molecule has 0 aliphatic carbocycles. The number of nitrogens with zero attached hydrogens (tertiary/aromatic N) is 4. The Labute approximate surface area is 256 Å². The molecule has 2 atom stereocenters. The summed E-state index contributed by atoms with van der Waals surface area (Å²) in [6, 6.07) is 13.5. The lowest BCUT2D eigenvalue weighted by molar-refractivity contribution is -0.140. The zero-order chi connectivity index (χ0) is 30.8. The molecular weight excluding hydrogens is 559 g/mol. The molecule has 0 spiro atoms. The molecule has 230 valence electrons. The topological polar surface area (TPSA) is 103 Å². The lowest BCUT2D eigenvalue weighted by Gasteiger charge is -2.42. The molecule has 44 heavy (non-hydrogen) atoms. The van der Waals surface area contributed by atoms with Crippen LogP contribution in [-0.4, -0.2) is 75.6 Å². The molecule has 0 unspecified atom stereocenters. The Hall–Kier alpha value is -4.31. The highest BCUT2D eigenvalue weighted by molar-refractivity contribution is 6.01. The molecule has 0 bridgehead atoms. The average molecular weight is 599 g/mol. The summed E-state index contributed by atoms with van der Waals surface area (Å²) in [4.78, 5) is 35.6. The zero-order valence-corrected chi connectivity index (χ0v) is 25.5. The van der Waals surface area contributed by atoms with Crippen molar-refractivity contribution in [3.05, 3.63) is 77.4 Å². The molecule has 6 rings (SSSR count). The fraction of sp³-hybridized carbons (Fsp3) is 0.412. The smallest absolute Gasteiger partial charge is 0.251 e. The van der Waals surface area contributed by atoms with E-state index in [4.69, 9.17) is 4.74 Å². The van der Waals surface area contributed by atoms with Gasteiger partial charge in [0.05, 0.1) is 18.7 Å². The first-order valence-corrected chi connectivity index (χ1v) is 15.4. The minimum atomic E-state index is -0.394. The summed E-state index contributed by atoms with van der Waals surface area (Å²) >= 11 is 0. The van der Waals surface area contributed by atoms with Crippen molar-refractivity contribution < 1.29 is 18.7 Å². The lowest BCUT2D eigenvalue weighted by Crippen LogP contribution is -2.57. The molecule has 2 aromatic heterocycles. The number of piperidine rings is 2. The maximum atomic E-state index is 15.0. The van der Waals surface area contributed by atoms with E-state index in [1.807, 2.05) is 41.0 Å². The van der Waals surface area contributed by atoms with E-state index < -0.39 is 6.04 Å². The van der Waals surface area contributed by atoms with Crippen LogP contribution in [0.4, 0.5) is 4.39 Å². The first-order chi connectivity index (χ1) is 21.3. The Morgan fingerprint density at radius 1 is 1.09 bits per heavy atom. The molecular formula is C34H39FN6O3. The Morgan fingerprint density at radius 3 is 2.68 bits per heavy atom. The predicted molar refractivity (Wildman–Crippen MR) is 167 cm³/mol. The molecule has 0 saturated carbocycles. The van der Waals surface area contributed by atoms with Crippen molar-refractivity contribution in [1.29, 1.82) is 0 Å². The number of halogens is 1. The standard InChI is InChI=1S/C34H39FN6O3/c1-21-12-15-40(16-13-21)34(43)30-10-8-25(19-41(30)20-27-28(35)5-4-6-31(27)44-3)37-33(42)24-7-9-29-26(18-24)32(39-38-29)23-11-14-36-22(2)17-23/h4-7,9,11,14,17-18,21,25,30H,8,10,12-13,15-16,19-20H2,1-3H3,(H,37,42)(H,38,39)/t25-,30+/m1/s1. The molecule has 2 aliphatic rings. The van der Waals surface area contributed by atoms with Gasteiger partial charge >= 0.3 is 0 Å². The van der Waals surface area contributed by atoms with Crippen LogP contribution in [0, 0.1) is 18.7 Å². The number of aromatic amines is 1. The van der Waals surface area contributed by atoms with Crippen LogP contribution >= 0.6 is 0 Å². The third-order valence-electron chi connectivity index (χ3n) is 9.05. The van der Waals surface area contributed by atoms with E-state index in [1.165, 1.54) is 13.2 Å². The minimum Gasteiger partial charge on any atom is -0.496 e. The van der Waals surface area contributed by atoms with Crippen LogP contribution in [0.15, 0.2) is 54.7 Å². The monoisotopic (exact) mass is 598 g/mol. The highest BCUT2D eigenvalue weighted by Crippen LogP contribution is 2.30. The molecule has 2 aliphatic heterocycles. The highest BCUT2D eigenvalue weighted by Gasteiger charge is 2.37. The number of nitrogens with one attached hydrogen (secondary N) is 2. The zero-order valence-electron chi connectivity index (χ0n) is 25.5. The first kappa shape index (κ1) is 29.7. The number of rotatable bonds is 7. The molecule has 2 amide bonds. The minimum absolute atomic E-state index is 0.0845. The van der Waals surface area contributed by atoms with Crippen LogP contribution in [0.25, 0.3) is 22.2 Å². The summed E-state index contributed by atoms with van der Waals surface area (Å²) in [6.07, 6.45) is 4.94. The summed E-state index contributed by atoms with van der Waals surface area (Å²) in [5.41, 5.74) is 4.34. The van der Waals surface area contributed by atoms with Gasteiger partial charge in [-0.2, -0.15) is 5.10 Å². The van der Waals surface area contributed by atoms with Gasteiger partial charge in [0.2, 0.25) is 5.91 Å². The van der Waals surface area contributed by atoms with Crippen molar-refractivity contribution in [2.45, 2.75) is 58.2 Å². The van der Waals surface area contributed by atoms with E-state index in [-0.39, 0.29) is 30.2 Å². The molecule has 10 heteroatoms. The molecule has 4 aromatic rings. The third kappa shape index (κ3) is 6.17. The number of methoxy groups -OCH3 is 1. The normalized spacial score (nSPS) is 19.7. The number of H-pyrrole nitrogens is 1. The Kier molecular flexibility index (Phi) is 8.61. The lowest BCUT2D eigenvalue weighted by atomic mass is 9.93. The van der Waals surface area contributed by atoms with Crippen LogP contribution in [0.3, 0.4) is 0 Å². The summed E-state index contributed by atoms with van der Waals surface area (Å²) in [6.45, 7) is 6.25. The fourth-order valence-electron chi connectivity index (χ4n) is 6.48. The van der Waals surface area contributed by atoms with Gasteiger partial charge in [0.1, 0.15) is 17.3 Å². The highest BCUT2D eigenvalue weighted by atomic mass is 19.1. The number of aromatic nitrogens is 3. The number of ether oxygens (including phenoxy) is 1. The number of benzene rings is 2. The van der Waals surface area contributed by atoms with Gasteiger partial charge in [-0.25, -0.2) is 4.39 Å². The number of aryl methyl sites for hydroxylation is 1. The summed E-state index contributed by atoms with van der Waals surface area (Å²) in [5.74, 6) is 0.564. The van der Waals surface area contributed by atoms with Crippen LogP contribution in [0.5, 0.6) is 5.75 Å². The summed E-state index contributed by atoms with van der Waals surface area (Å²) < 4.78 is 20.5. The van der Waals surface area contributed by atoms with E-state index >= 15 is 4.39 Å². The molecule has 2 saturated heterocycles. The maximum Gasteiger partial charge on any atom is 0.251 e. The van der Waals surface area contributed by atoms with Crippen LogP contribution in [0.2, 0.25) is 0 Å². The van der Waals surface area contributed by atoms with E-state index in [2.05, 4.69) is 27.4 Å². The van der Waals surface area contributed by atoms with Gasteiger partial charge in [0, 0.05) is 66.2 Å². The van der Waals surface area contributed by atoms with Gasteiger partial charge in [-0.15, -0.1) is 0 Å². The molecule has 2 aromatic carbocycles. The number of hydrogen-bond acceptors (Lipinski definition) is 6. The van der Waals surface area contributed by atoms with Crippen LogP contribution in [-0.2, 0) is 11.3 Å². The van der Waals surface area contributed by atoms with E-state index in [0.717, 1.165) is 53.8 Å². The number of pyridine rings is 1.